The molecule has 3 N–H and O–H groups in total. The van der Waals surface area contributed by atoms with E-state index < -0.39 is 11.4 Å². The highest BCUT2D eigenvalue weighted by molar-refractivity contribution is 5.97. The zero-order valence-electron chi connectivity index (χ0n) is 16.8. The molecule has 0 bridgehead atoms. The minimum absolute atomic E-state index is 0.168. The molecule has 3 rings (SSSR count). The smallest absolute Gasteiger partial charge is 0.257 e. The molecule has 1 fully saturated rings. The zero-order chi connectivity index (χ0) is 21.0. The molecule has 1 heterocycles. The zero-order valence-corrected chi connectivity index (χ0v) is 16.8. The van der Waals surface area contributed by atoms with Crippen LogP contribution in [0, 0.1) is 5.82 Å². The molecule has 0 saturated carbocycles. The Hall–Kier alpha value is -2.48. The highest BCUT2D eigenvalue weighted by Crippen LogP contribution is 2.36. The van der Waals surface area contributed by atoms with E-state index in [2.05, 4.69) is 0 Å². The fraction of sp³-hybridized carbons (Fsp3) is 0.409. The lowest BCUT2D eigenvalue weighted by atomic mass is 9.79. The van der Waals surface area contributed by atoms with Gasteiger partial charge in [-0.15, -0.1) is 0 Å². The minimum Gasteiger partial charge on any atom is -0.491 e. The predicted octanol–water partition coefficient (Wildman–Crippen LogP) is 1.83. The van der Waals surface area contributed by atoms with Crippen molar-refractivity contribution in [1.82, 2.24) is 9.80 Å². The monoisotopic (exact) mass is 401 g/mol. The third-order valence-corrected chi connectivity index (χ3v) is 5.44. The van der Waals surface area contributed by atoms with Crippen LogP contribution in [0.3, 0.4) is 0 Å². The maximum absolute atomic E-state index is 13.8. The highest BCUT2D eigenvalue weighted by atomic mass is 19.1. The summed E-state index contributed by atoms with van der Waals surface area (Å²) in [6.45, 7) is 1.19. The Morgan fingerprint density at radius 1 is 1.31 bits per heavy atom. The van der Waals surface area contributed by atoms with Crippen LogP contribution in [-0.2, 0) is 5.60 Å². The maximum Gasteiger partial charge on any atom is 0.257 e. The van der Waals surface area contributed by atoms with Gasteiger partial charge in [0, 0.05) is 19.6 Å². The van der Waals surface area contributed by atoms with Gasteiger partial charge in [-0.25, -0.2) is 4.39 Å². The SMILES string of the molecule is CN(C)[C@@H]1CN(C(=O)c2cc(F)ccc2OCCN)CC[C@]1(O)c1ccccc1. The van der Waals surface area contributed by atoms with Crippen molar-refractivity contribution in [2.75, 3.05) is 40.3 Å². The maximum atomic E-state index is 13.8. The van der Waals surface area contributed by atoms with Gasteiger partial charge in [0.05, 0.1) is 11.6 Å². The summed E-state index contributed by atoms with van der Waals surface area (Å²) in [5, 5.41) is 11.5. The molecule has 29 heavy (non-hydrogen) atoms. The number of benzene rings is 2. The van der Waals surface area contributed by atoms with Gasteiger partial charge in [-0.3, -0.25) is 4.79 Å². The molecule has 1 aliphatic heterocycles. The minimum atomic E-state index is -1.08. The van der Waals surface area contributed by atoms with Gasteiger partial charge in [-0.05, 0) is 44.3 Å². The van der Waals surface area contributed by atoms with Crippen molar-refractivity contribution in [2.24, 2.45) is 5.73 Å². The van der Waals surface area contributed by atoms with E-state index in [1.165, 1.54) is 18.2 Å². The summed E-state index contributed by atoms with van der Waals surface area (Å²) >= 11 is 0. The average Bonchev–Trinajstić information content (AvgIpc) is 2.73. The number of rotatable bonds is 6. The molecule has 0 aromatic heterocycles. The standard InChI is InChI=1S/C22H28FN3O3/c1-25(2)20-15-26(12-10-22(20,28)16-6-4-3-5-7-16)21(27)18-14-17(23)8-9-19(18)29-13-11-24/h3-9,14,20,28H,10-13,15,24H2,1-2H3/t20-,22+/m1/s1. The van der Waals surface area contributed by atoms with Gasteiger partial charge in [0.25, 0.3) is 5.91 Å². The van der Waals surface area contributed by atoms with Crippen LogP contribution in [-0.4, -0.2) is 67.2 Å². The number of carbonyl (C=O) groups is 1. The molecule has 0 spiro atoms. The fourth-order valence-electron chi connectivity index (χ4n) is 3.90. The first kappa shape index (κ1) is 21.2. The summed E-state index contributed by atoms with van der Waals surface area (Å²) in [5.74, 6) is -0.513. The van der Waals surface area contributed by atoms with E-state index in [0.717, 1.165) is 5.56 Å². The van der Waals surface area contributed by atoms with Crippen molar-refractivity contribution >= 4 is 5.91 Å². The van der Waals surface area contributed by atoms with Gasteiger partial charge in [0.15, 0.2) is 0 Å². The number of nitrogens with zero attached hydrogens (tertiary/aromatic N) is 2. The van der Waals surface area contributed by atoms with Crippen LogP contribution in [0.25, 0.3) is 0 Å². The number of likely N-dealkylation sites (N-methyl/N-ethyl adjacent to an activating group) is 1. The van der Waals surface area contributed by atoms with E-state index in [-0.39, 0.29) is 24.1 Å². The Morgan fingerprint density at radius 3 is 2.69 bits per heavy atom. The Bertz CT molecular complexity index is 846. The van der Waals surface area contributed by atoms with Crippen LogP contribution in [0.2, 0.25) is 0 Å². The fourth-order valence-corrected chi connectivity index (χ4v) is 3.90. The Labute approximate surface area is 170 Å². The summed E-state index contributed by atoms with van der Waals surface area (Å²) in [6, 6.07) is 13.1. The largest absolute Gasteiger partial charge is 0.491 e. The van der Waals surface area contributed by atoms with Crippen molar-refractivity contribution in [3.8, 4) is 5.75 Å². The first-order valence-corrected chi connectivity index (χ1v) is 9.73. The van der Waals surface area contributed by atoms with Crippen molar-refractivity contribution < 1.29 is 19.0 Å². The molecule has 6 nitrogen and oxygen atoms in total. The second-order valence-corrected chi connectivity index (χ2v) is 7.55. The van der Waals surface area contributed by atoms with Crippen molar-refractivity contribution in [3.05, 3.63) is 65.5 Å². The van der Waals surface area contributed by atoms with Crippen molar-refractivity contribution in [2.45, 2.75) is 18.1 Å². The Balaban J connectivity index is 1.87. The number of hydrogen-bond acceptors (Lipinski definition) is 5. The molecule has 2 aromatic carbocycles. The van der Waals surface area contributed by atoms with Gasteiger partial charge in [0.1, 0.15) is 23.8 Å². The summed E-state index contributed by atoms with van der Waals surface area (Å²) in [5.41, 5.74) is 5.39. The van der Waals surface area contributed by atoms with Crippen LogP contribution in [0.4, 0.5) is 4.39 Å². The van der Waals surface area contributed by atoms with Gasteiger partial charge in [-0.1, -0.05) is 30.3 Å². The normalized spacial score (nSPS) is 22.0. The quantitative estimate of drug-likeness (QED) is 0.772. The molecule has 7 heteroatoms. The van der Waals surface area contributed by atoms with Gasteiger partial charge in [0.2, 0.25) is 0 Å². The van der Waals surface area contributed by atoms with E-state index in [0.29, 0.717) is 31.8 Å². The number of aliphatic hydroxyl groups is 1. The number of halogens is 1. The molecule has 0 radical (unpaired) electrons. The first-order valence-electron chi connectivity index (χ1n) is 9.73. The van der Waals surface area contributed by atoms with Crippen LogP contribution in [0.1, 0.15) is 22.3 Å². The molecule has 1 saturated heterocycles. The van der Waals surface area contributed by atoms with E-state index >= 15 is 0 Å². The highest BCUT2D eigenvalue weighted by Gasteiger charge is 2.45. The van der Waals surface area contributed by atoms with Gasteiger partial charge in [-0.2, -0.15) is 0 Å². The second-order valence-electron chi connectivity index (χ2n) is 7.55. The van der Waals surface area contributed by atoms with Crippen molar-refractivity contribution in [3.63, 3.8) is 0 Å². The molecule has 156 valence electrons. The summed E-state index contributed by atoms with van der Waals surface area (Å²) < 4.78 is 19.4. The third-order valence-electron chi connectivity index (χ3n) is 5.44. The topological polar surface area (TPSA) is 79.0 Å². The molecular weight excluding hydrogens is 373 g/mol. The summed E-state index contributed by atoms with van der Waals surface area (Å²) in [4.78, 5) is 16.8. The Morgan fingerprint density at radius 2 is 2.03 bits per heavy atom. The third kappa shape index (κ3) is 4.42. The number of piperidine rings is 1. The molecule has 2 aromatic rings. The van der Waals surface area contributed by atoms with Gasteiger partial charge >= 0.3 is 0 Å². The molecule has 0 unspecified atom stereocenters. The number of likely N-dealkylation sites (tertiary alicyclic amines) is 1. The van der Waals surface area contributed by atoms with Gasteiger partial charge < -0.3 is 25.4 Å². The number of carbonyl (C=O) groups excluding carboxylic acids is 1. The number of nitrogens with two attached hydrogens (primary N) is 1. The lowest BCUT2D eigenvalue weighted by molar-refractivity contribution is -0.0810. The number of amides is 1. The Kier molecular flexibility index (Phi) is 6.52. The van der Waals surface area contributed by atoms with Crippen LogP contribution < -0.4 is 10.5 Å². The van der Waals surface area contributed by atoms with Crippen LogP contribution >= 0.6 is 0 Å². The van der Waals surface area contributed by atoms with E-state index in [4.69, 9.17) is 10.5 Å². The van der Waals surface area contributed by atoms with Crippen LogP contribution in [0.5, 0.6) is 5.75 Å². The van der Waals surface area contributed by atoms with E-state index in [1.807, 2.05) is 49.3 Å². The second kappa shape index (κ2) is 8.90. The molecule has 2 atom stereocenters. The molecule has 0 aliphatic carbocycles. The lowest BCUT2D eigenvalue weighted by Crippen LogP contribution is -2.60. The van der Waals surface area contributed by atoms with Crippen molar-refractivity contribution in [1.29, 1.82) is 0 Å². The summed E-state index contributed by atoms with van der Waals surface area (Å²) in [6.07, 6.45) is 0.375. The van der Waals surface area contributed by atoms with E-state index in [9.17, 15) is 14.3 Å². The number of ether oxygens (including phenoxy) is 1. The van der Waals surface area contributed by atoms with E-state index in [1.54, 1.807) is 4.90 Å². The first-order chi connectivity index (χ1) is 13.9. The molecular formula is C22H28FN3O3. The molecule has 1 amide bonds. The van der Waals surface area contributed by atoms with Crippen LogP contribution in [0.15, 0.2) is 48.5 Å². The average molecular weight is 401 g/mol. The predicted molar refractivity (Wildman–Crippen MR) is 109 cm³/mol. The molecule has 1 aliphatic rings. The lowest BCUT2D eigenvalue weighted by Gasteiger charge is -2.47. The summed E-state index contributed by atoms with van der Waals surface area (Å²) in [7, 11) is 3.76. The number of hydrogen-bond donors (Lipinski definition) is 2.